The highest BCUT2D eigenvalue weighted by atomic mass is 14.3. The van der Waals surface area contributed by atoms with E-state index >= 15 is 0 Å². The van der Waals surface area contributed by atoms with Gasteiger partial charge in [0.25, 0.3) is 0 Å². The fraction of sp³-hybridized carbons (Fsp3) is 0.150. The van der Waals surface area contributed by atoms with Crippen LogP contribution in [0.25, 0.3) is 55.3 Å². The Bertz CT molecular complexity index is 1730. The van der Waals surface area contributed by atoms with E-state index in [1.807, 2.05) is 0 Å². The maximum absolute atomic E-state index is 2.54. The van der Waals surface area contributed by atoms with E-state index in [1.54, 1.807) is 0 Å². The Labute approximate surface area is 238 Å². The van der Waals surface area contributed by atoms with Crippen molar-refractivity contribution in [3.8, 4) is 44.5 Å². The Balaban J connectivity index is 1.68. The molecular weight excluding hydrogens is 480 g/mol. The quantitative estimate of drug-likeness (QED) is 0.215. The van der Waals surface area contributed by atoms with E-state index in [0.29, 0.717) is 5.92 Å². The van der Waals surface area contributed by atoms with Crippen molar-refractivity contribution in [2.45, 2.75) is 38.0 Å². The van der Waals surface area contributed by atoms with Gasteiger partial charge in [-0.3, -0.25) is 0 Å². The SMILES string of the molecule is c1ccc(-c2c(-c3ccccc3)c(-c3ccccc3)c3cc(C4CCCCC4)ccc3c2-c2ccccc2)cc1. The second-order valence-electron chi connectivity index (χ2n) is 11.1. The van der Waals surface area contributed by atoms with E-state index in [0.717, 1.165) is 0 Å². The third-order valence-corrected chi connectivity index (χ3v) is 8.66. The highest BCUT2D eigenvalue weighted by Gasteiger charge is 2.25. The highest BCUT2D eigenvalue weighted by Crippen LogP contribution is 2.51. The summed E-state index contributed by atoms with van der Waals surface area (Å²) in [5.74, 6) is 0.649. The lowest BCUT2D eigenvalue weighted by molar-refractivity contribution is 0.444. The van der Waals surface area contributed by atoms with Gasteiger partial charge in [0.05, 0.1) is 0 Å². The smallest absolute Gasteiger partial charge is 0.00141 e. The summed E-state index contributed by atoms with van der Waals surface area (Å²) in [5.41, 5.74) is 11.8. The first-order valence-corrected chi connectivity index (χ1v) is 14.7. The molecule has 0 spiro atoms. The average Bonchev–Trinajstić information content (AvgIpc) is 3.05. The molecule has 1 saturated carbocycles. The minimum atomic E-state index is 0.649. The van der Waals surface area contributed by atoms with E-state index in [-0.39, 0.29) is 0 Å². The van der Waals surface area contributed by atoms with E-state index in [4.69, 9.17) is 0 Å². The average molecular weight is 515 g/mol. The van der Waals surface area contributed by atoms with E-state index in [2.05, 4.69) is 140 Å². The molecule has 0 saturated heterocycles. The molecule has 1 aliphatic carbocycles. The van der Waals surface area contributed by atoms with Crippen LogP contribution in [-0.2, 0) is 0 Å². The van der Waals surface area contributed by atoms with Crippen LogP contribution in [0.5, 0.6) is 0 Å². The summed E-state index contributed by atoms with van der Waals surface area (Å²) >= 11 is 0. The predicted octanol–water partition coefficient (Wildman–Crippen LogP) is 11.6. The number of rotatable bonds is 5. The van der Waals surface area contributed by atoms with Gasteiger partial charge in [-0.15, -0.1) is 0 Å². The minimum Gasteiger partial charge on any atom is -0.0622 e. The molecule has 0 aliphatic heterocycles. The van der Waals surface area contributed by atoms with E-state index < -0.39 is 0 Å². The van der Waals surface area contributed by atoms with E-state index in [9.17, 15) is 0 Å². The Morgan fingerprint density at radius 2 is 0.750 bits per heavy atom. The molecule has 1 fully saturated rings. The molecule has 0 nitrogen and oxygen atoms in total. The van der Waals surface area contributed by atoms with Gasteiger partial charge < -0.3 is 0 Å². The molecule has 0 aromatic heterocycles. The zero-order valence-corrected chi connectivity index (χ0v) is 22.9. The predicted molar refractivity (Wildman–Crippen MR) is 172 cm³/mol. The van der Waals surface area contributed by atoms with Crippen molar-refractivity contribution in [2.75, 3.05) is 0 Å². The zero-order chi connectivity index (χ0) is 26.7. The first-order chi connectivity index (χ1) is 19.9. The maximum atomic E-state index is 2.54. The lowest BCUT2D eigenvalue weighted by atomic mass is 9.77. The topological polar surface area (TPSA) is 0 Å². The molecule has 7 rings (SSSR count). The van der Waals surface area contributed by atoms with Gasteiger partial charge in [-0.1, -0.05) is 159 Å². The van der Waals surface area contributed by atoms with Crippen LogP contribution >= 0.6 is 0 Å². The monoisotopic (exact) mass is 514 g/mol. The Hall–Kier alpha value is -4.42. The molecule has 0 amide bonds. The molecule has 6 aromatic rings. The molecule has 0 atom stereocenters. The summed E-state index contributed by atoms with van der Waals surface area (Å²) in [6, 6.07) is 51.4. The lowest BCUT2D eigenvalue weighted by Gasteiger charge is -2.26. The molecule has 0 unspecified atom stereocenters. The van der Waals surface area contributed by atoms with Gasteiger partial charge in [0, 0.05) is 0 Å². The van der Waals surface area contributed by atoms with Gasteiger partial charge in [-0.25, -0.2) is 0 Å². The fourth-order valence-corrected chi connectivity index (χ4v) is 6.79. The second kappa shape index (κ2) is 11.0. The van der Waals surface area contributed by atoms with Crippen molar-refractivity contribution in [1.29, 1.82) is 0 Å². The molecule has 1 aliphatic rings. The van der Waals surface area contributed by atoms with Gasteiger partial charge in [-0.05, 0) is 79.6 Å². The summed E-state index contributed by atoms with van der Waals surface area (Å²) in [6.45, 7) is 0. The van der Waals surface area contributed by atoms with Crippen LogP contribution in [0.15, 0.2) is 140 Å². The summed E-state index contributed by atoms with van der Waals surface area (Å²) < 4.78 is 0. The molecule has 194 valence electrons. The van der Waals surface area contributed by atoms with Crippen molar-refractivity contribution in [3.05, 3.63) is 145 Å². The van der Waals surface area contributed by atoms with Crippen LogP contribution in [-0.4, -0.2) is 0 Å². The van der Waals surface area contributed by atoms with Crippen LogP contribution in [0, 0.1) is 0 Å². The zero-order valence-electron chi connectivity index (χ0n) is 22.9. The number of benzene rings is 6. The molecule has 40 heavy (non-hydrogen) atoms. The van der Waals surface area contributed by atoms with Crippen LogP contribution in [0.2, 0.25) is 0 Å². The highest BCUT2D eigenvalue weighted by molar-refractivity contribution is 6.18. The number of fused-ring (bicyclic) bond motifs is 1. The van der Waals surface area contributed by atoms with Gasteiger partial charge in [0.15, 0.2) is 0 Å². The third-order valence-electron chi connectivity index (χ3n) is 8.66. The van der Waals surface area contributed by atoms with Crippen LogP contribution < -0.4 is 0 Å². The molecule has 0 radical (unpaired) electrons. The second-order valence-corrected chi connectivity index (χ2v) is 11.1. The molecule has 0 bridgehead atoms. The number of hydrogen-bond acceptors (Lipinski definition) is 0. The maximum Gasteiger partial charge on any atom is -0.00141 e. The summed E-state index contributed by atoms with van der Waals surface area (Å²) in [6.07, 6.45) is 6.64. The normalized spacial score (nSPS) is 13.9. The molecule has 0 N–H and O–H groups in total. The largest absolute Gasteiger partial charge is 0.0622 e. The van der Waals surface area contributed by atoms with Crippen molar-refractivity contribution in [1.82, 2.24) is 0 Å². The molecule has 6 aromatic carbocycles. The van der Waals surface area contributed by atoms with Crippen molar-refractivity contribution in [2.24, 2.45) is 0 Å². The molecule has 0 heterocycles. The number of hydrogen-bond donors (Lipinski definition) is 0. The third kappa shape index (κ3) is 4.54. The first-order valence-electron chi connectivity index (χ1n) is 14.7. The Morgan fingerprint density at radius 3 is 1.20 bits per heavy atom. The van der Waals surface area contributed by atoms with Gasteiger partial charge in [0.1, 0.15) is 0 Å². The first kappa shape index (κ1) is 24.6. The summed E-state index contributed by atoms with van der Waals surface area (Å²) in [4.78, 5) is 0. The van der Waals surface area contributed by atoms with Crippen molar-refractivity contribution in [3.63, 3.8) is 0 Å². The van der Waals surface area contributed by atoms with Gasteiger partial charge in [-0.2, -0.15) is 0 Å². The molecule has 0 heteroatoms. The fourth-order valence-electron chi connectivity index (χ4n) is 6.79. The lowest BCUT2D eigenvalue weighted by Crippen LogP contribution is -2.05. The standard InChI is InChI=1S/C40H34/c1-6-16-29(17-7-1)34-26-27-35-36(28-34)38(31-20-10-3-11-21-31)40(33-24-14-5-15-25-33)39(32-22-12-4-13-23-32)37(35)30-18-8-2-9-19-30/h2-5,8-15,18-29H,1,6-7,16-17H2. The van der Waals surface area contributed by atoms with Crippen LogP contribution in [0.4, 0.5) is 0 Å². The summed E-state index contributed by atoms with van der Waals surface area (Å²) in [5, 5.41) is 2.68. The Kier molecular flexibility index (Phi) is 6.76. The van der Waals surface area contributed by atoms with Gasteiger partial charge >= 0.3 is 0 Å². The molecular formula is C40H34. The van der Waals surface area contributed by atoms with Gasteiger partial charge in [0.2, 0.25) is 0 Å². The van der Waals surface area contributed by atoms with E-state index in [1.165, 1.54) is 92.9 Å². The minimum absolute atomic E-state index is 0.649. The van der Waals surface area contributed by atoms with Crippen molar-refractivity contribution >= 4 is 10.8 Å². The summed E-state index contributed by atoms with van der Waals surface area (Å²) in [7, 11) is 0. The van der Waals surface area contributed by atoms with Crippen LogP contribution in [0.3, 0.4) is 0 Å². The Morgan fingerprint density at radius 1 is 0.350 bits per heavy atom. The van der Waals surface area contributed by atoms with Crippen LogP contribution in [0.1, 0.15) is 43.6 Å². The van der Waals surface area contributed by atoms with Crippen molar-refractivity contribution < 1.29 is 0 Å².